The van der Waals surface area contributed by atoms with Gasteiger partial charge in [-0.1, -0.05) is 128 Å². The average molecular weight is 552 g/mol. The molecule has 0 fully saturated rings. The standard InChI is InChI=1S/C37H33N3O2/c1-26(28-15-7-3-8-16-28)23-33(41)24-32-25-34-35(27(2)38-32)36(42)39-40(34)37(29-17-9-4-10-18-29,30-19-11-5-12-20-30)31-21-13-6-14-22-31/h3-22,25-26H,23-24H2,1-2H3,(H,39,42)/t26-/m0/s1. The molecule has 208 valence electrons. The van der Waals surface area contributed by atoms with Crippen LogP contribution in [0.15, 0.2) is 132 Å². The van der Waals surface area contributed by atoms with Gasteiger partial charge in [-0.05, 0) is 41.2 Å². The first-order valence-electron chi connectivity index (χ1n) is 14.3. The van der Waals surface area contributed by atoms with Crippen LogP contribution in [0.3, 0.4) is 0 Å². The van der Waals surface area contributed by atoms with E-state index >= 15 is 0 Å². The lowest BCUT2D eigenvalue weighted by Crippen LogP contribution is -2.39. The lowest BCUT2D eigenvalue weighted by Gasteiger charge is -2.37. The molecule has 4 aromatic carbocycles. The molecule has 0 spiro atoms. The van der Waals surface area contributed by atoms with Crippen molar-refractivity contribution < 1.29 is 4.79 Å². The molecule has 0 aliphatic heterocycles. The number of H-pyrrole nitrogens is 1. The number of benzene rings is 4. The van der Waals surface area contributed by atoms with Gasteiger partial charge in [0.2, 0.25) is 0 Å². The molecule has 1 N–H and O–H groups in total. The molecular formula is C37H33N3O2. The zero-order chi connectivity index (χ0) is 29.1. The summed E-state index contributed by atoms with van der Waals surface area (Å²) < 4.78 is 1.97. The highest BCUT2D eigenvalue weighted by Gasteiger charge is 2.40. The number of pyridine rings is 1. The van der Waals surface area contributed by atoms with Gasteiger partial charge in [-0.25, -0.2) is 0 Å². The Morgan fingerprint density at radius 3 is 1.76 bits per heavy atom. The molecule has 0 amide bonds. The Morgan fingerprint density at radius 2 is 1.26 bits per heavy atom. The van der Waals surface area contributed by atoms with Crippen LogP contribution in [-0.2, 0) is 16.8 Å². The lowest BCUT2D eigenvalue weighted by atomic mass is 9.77. The largest absolute Gasteiger partial charge is 0.299 e. The maximum absolute atomic E-state index is 13.6. The predicted octanol–water partition coefficient (Wildman–Crippen LogP) is 7.18. The summed E-state index contributed by atoms with van der Waals surface area (Å²) in [5.41, 5.74) is 5.01. The number of nitrogens with one attached hydrogen (secondary N) is 1. The van der Waals surface area contributed by atoms with Gasteiger partial charge in [-0.3, -0.25) is 24.4 Å². The first-order valence-corrected chi connectivity index (χ1v) is 14.3. The molecule has 0 radical (unpaired) electrons. The molecule has 2 heterocycles. The van der Waals surface area contributed by atoms with Gasteiger partial charge in [0.1, 0.15) is 11.3 Å². The highest BCUT2D eigenvalue weighted by Crippen LogP contribution is 2.41. The highest BCUT2D eigenvalue weighted by atomic mass is 16.1. The van der Waals surface area contributed by atoms with Crippen molar-refractivity contribution in [1.29, 1.82) is 0 Å². The fourth-order valence-electron chi connectivity index (χ4n) is 6.19. The normalized spacial score (nSPS) is 12.3. The molecular weight excluding hydrogens is 518 g/mol. The zero-order valence-corrected chi connectivity index (χ0v) is 23.8. The van der Waals surface area contributed by atoms with Crippen LogP contribution in [0, 0.1) is 6.92 Å². The Hall–Kier alpha value is -5.03. The molecule has 0 saturated carbocycles. The highest BCUT2D eigenvalue weighted by molar-refractivity contribution is 5.85. The average Bonchev–Trinajstić information content (AvgIpc) is 3.36. The Labute approximate surface area is 245 Å². The van der Waals surface area contributed by atoms with E-state index in [9.17, 15) is 9.59 Å². The van der Waals surface area contributed by atoms with Gasteiger partial charge < -0.3 is 0 Å². The number of carbonyl (C=O) groups excluding carboxylic acids is 1. The van der Waals surface area contributed by atoms with Crippen LogP contribution in [0.4, 0.5) is 0 Å². The number of fused-ring (bicyclic) bond motifs is 1. The quantitative estimate of drug-likeness (QED) is 0.194. The third-order valence-corrected chi connectivity index (χ3v) is 8.10. The molecule has 1 atom stereocenters. The van der Waals surface area contributed by atoms with Crippen molar-refractivity contribution in [3.05, 3.63) is 171 Å². The fraction of sp³-hybridized carbons (Fsp3) is 0.162. The van der Waals surface area contributed by atoms with Crippen molar-refractivity contribution in [3.63, 3.8) is 0 Å². The molecule has 0 bridgehead atoms. The molecule has 0 aliphatic carbocycles. The van der Waals surface area contributed by atoms with Crippen LogP contribution < -0.4 is 5.56 Å². The minimum Gasteiger partial charge on any atom is -0.299 e. The number of aromatic amines is 1. The van der Waals surface area contributed by atoms with E-state index in [1.165, 1.54) is 0 Å². The first kappa shape index (κ1) is 27.2. The molecule has 5 nitrogen and oxygen atoms in total. The summed E-state index contributed by atoms with van der Waals surface area (Å²) in [5, 5.41) is 3.72. The number of aryl methyl sites for hydroxylation is 1. The Kier molecular flexibility index (Phi) is 7.41. The van der Waals surface area contributed by atoms with Crippen LogP contribution in [0.2, 0.25) is 0 Å². The Morgan fingerprint density at radius 1 is 0.786 bits per heavy atom. The van der Waals surface area contributed by atoms with Crippen molar-refractivity contribution in [3.8, 4) is 0 Å². The van der Waals surface area contributed by atoms with Gasteiger partial charge in [0, 0.05) is 12.8 Å². The molecule has 5 heteroatoms. The Bertz CT molecular complexity index is 1780. The molecule has 0 unspecified atom stereocenters. The van der Waals surface area contributed by atoms with Crippen molar-refractivity contribution in [1.82, 2.24) is 14.8 Å². The van der Waals surface area contributed by atoms with Crippen molar-refractivity contribution in [2.45, 2.75) is 38.1 Å². The third-order valence-electron chi connectivity index (χ3n) is 8.10. The summed E-state index contributed by atoms with van der Waals surface area (Å²) in [7, 11) is 0. The van der Waals surface area contributed by atoms with Crippen LogP contribution in [0.25, 0.3) is 10.9 Å². The van der Waals surface area contributed by atoms with E-state index in [4.69, 9.17) is 4.98 Å². The van der Waals surface area contributed by atoms with Crippen molar-refractivity contribution in [2.75, 3.05) is 0 Å². The number of rotatable bonds is 9. The molecule has 6 aromatic rings. The second-order valence-electron chi connectivity index (χ2n) is 10.9. The van der Waals surface area contributed by atoms with E-state index in [0.717, 1.165) is 22.3 Å². The van der Waals surface area contributed by atoms with Gasteiger partial charge in [0.15, 0.2) is 0 Å². The number of hydrogen-bond donors (Lipinski definition) is 1. The smallest absolute Gasteiger partial charge is 0.273 e. The van der Waals surface area contributed by atoms with E-state index in [0.29, 0.717) is 28.7 Å². The number of Topliss-reactive ketones (excluding diaryl/α,β-unsaturated/α-hetero) is 1. The minimum atomic E-state index is -0.887. The van der Waals surface area contributed by atoms with Crippen molar-refractivity contribution in [2.24, 2.45) is 0 Å². The van der Waals surface area contributed by atoms with Gasteiger partial charge in [0.25, 0.3) is 5.56 Å². The number of carbonyl (C=O) groups is 1. The molecule has 6 rings (SSSR count). The van der Waals surface area contributed by atoms with E-state index < -0.39 is 5.54 Å². The zero-order valence-electron chi connectivity index (χ0n) is 23.8. The maximum Gasteiger partial charge on any atom is 0.273 e. The maximum atomic E-state index is 13.6. The second kappa shape index (κ2) is 11.5. The summed E-state index contributed by atoms with van der Waals surface area (Å²) in [6, 6.07) is 42.6. The monoisotopic (exact) mass is 551 g/mol. The number of ketones is 1. The van der Waals surface area contributed by atoms with Crippen molar-refractivity contribution >= 4 is 16.7 Å². The summed E-state index contributed by atoms with van der Waals surface area (Å²) in [4.78, 5) is 31.6. The lowest BCUT2D eigenvalue weighted by molar-refractivity contribution is -0.118. The summed E-state index contributed by atoms with van der Waals surface area (Å²) in [6.07, 6.45) is 0.618. The van der Waals surface area contributed by atoms with Gasteiger partial charge in [-0.2, -0.15) is 0 Å². The van der Waals surface area contributed by atoms with E-state index in [2.05, 4.69) is 60.6 Å². The van der Waals surface area contributed by atoms with Crippen LogP contribution in [-0.4, -0.2) is 20.5 Å². The molecule has 2 aromatic heterocycles. The molecule has 0 saturated heterocycles. The van der Waals surface area contributed by atoms with Gasteiger partial charge in [-0.15, -0.1) is 0 Å². The SMILES string of the molecule is Cc1nc(CC(=O)C[C@H](C)c2ccccc2)cc2c1c(=O)[nH]n2C(c1ccccc1)(c1ccccc1)c1ccccc1. The molecule has 42 heavy (non-hydrogen) atoms. The molecule has 0 aliphatic rings. The van der Waals surface area contributed by atoms with E-state index in [-0.39, 0.29) is 23.7 Å². The van der Waals surface area contributed by atoms with Gasteiger partial charge in [0.05, 0.1) is 22.3 Å². The second-order valence-corrected chi connectivity index (χ2v) is 10.9. The van der Waals surface area contributed by atoms with E-state index in [1.807, 2.05) is 90.5 Å². The number of aromatic nitrogens is 3. The third kappa shape index (κ3) is 4.88. The summed E-state index contributed by atoms with van der Waals surface area (Å²) in [6.45, 7) is 3.92. The fourth-order valence-corrected chi connectivity index (χ4v) is 6.19. The minimum absolute atomic E-state index is 0.107. The number of nitrogens with zero attached hydrogens (tertiary/aromatic N) is 2. The van der Waals surface area contributed by atoms with Crippen LogP contribution in [0.1, 0.15) is 52.9 Å². The van der Waals surface area contributed by atoms with Gasteiger partial charge >= 0.3 is 0 Å². The summed E-state index contributed by atoms with van der Waals surface area (Å²) in [5.74, 6) is 0.221. The number of hydrogen-bond acceptors (Lipinski definition) is 3. The van der Waals surface area contributed by atoms with E-state index in [1.54, 1.807) is 0 Å². The Balaban J connectivity index is 1.54. The van der Waals surface area contributed by atoms with Crippen LogP contribution >= 0.6 is 0 Å². The first-order chi connectivity index (χ1) is 20.5. The summed E-state index contributed by atoms with van der Waals surface area (Å²) >= 11 is 0. The van der Waals surface area contributed by atoms with Crippen LogP contribution in [0.5, 0.6) is 0 Å². The topological polar surface area (TPSA) is 67.8 Å². The predicted molar refractivity (Wildman–Crippen MR) is 168 cm³/mol.